The molecule has 0 N–H and O–H groups in total. The molecule has 274 valence electrons. The molecule has 0 spiro atoms. The summed E-state index contributed by atoms with van der Waals surface area (Å²) < 4.78 is 19.8. The number of anilines is 3. The molecule has 0 saturated carbocycles. The highest BCUT2D eigenvalue weighted by atomic mass is 16.3. The van der Waals surface area contributed by atoms with Crippen LogP contribution in [0.3, 0.4) is 0 Å². The lowest BCUT2D eigenvalue weighted by Gasteiger charge is -2.28. The molecular weight excluding hydrogens is 711 g/mol. The predicted octanol–water partition coefficient (Wildman–Crippen LogP) is 15.8. The average molecular weight is 746 g/mol. The minimum atomic E-state index is 0.228. The van der Waals surface area contributed by atoms with Gasteiger partial charge in [0.05, 0.1) is 22.1 Å². The van der Waals surface area contributed by atoms with E-state index in [9.17, 15) is 0 Å². The van der Waals surface area contributed by atoms with Crippen molar-refractivity contribution in [3.05, 3.63) is 200 Å². The Kier molecular flexibility index (Phi) is 7.32. The Morgan fingerprint density at radius 3 is 1.93 bits per heavy atom. The molecule has 3 heterocycles. The largest absolute Gasteiger partial charge is 0.456 e. The summed E-state index contributed by atoms with van der Waals surface area (Å²) in [6.07, 6.45) is 9.72. The van der Waals surface area contributed by atoms with Crippen LogP contribution in [0.25, 0.3) is 88.1 Å². The van der Waals surface area contributed by atoms with Crippen LogP contribution in [0, 0.1) is 0 Å². The fraction of sp³-hybridized carbons (Fsp3) is 0.0370. The van der Waals surface area contributed by atoms with Crippen LogP contribution in [0.4, 0.5) is 17.1 Å². The van der Waals surface area contributed by atoms with Crippen molar-refractivity contribution in [3.8, 4) is 22.3 Å². The maximum absolute atomic E-state index is 6.80. The van der Waals surface area contributed by atoms with Crippen molar-refractivity contribution in [1.82, 2.24) is 0 Å². The van der Waals surface area contributed by atoms with Crippen LogP contribution >= 0.6 is 0 Å². The molecule has 4 heteroatoms. The molecule has 3 aromatic heterocycles. The van der Waals surface area contributed by atoms with Crippen molar-refractivity contribution in [1.29, 1.82) is 0 Å². The van der Waals surface area contributed by atoms with Gasteiger partial charge in [-0.3, -0.25) is 0 Å². The molecule has 0 saturated heterocycles. The molecule has 58 heavy (non-hydrogen) atoms. The van der Waals surface area contributed by atoms with Crippen LogP contribution in [0.1, 0.15) is 17.9 Å². The van der Waals surface area contributed by atoms with Crippen LogP contribution in [0.15, 0.2) is 207 Å². The van der Waals surface area contributed by atoms with E-state index in [0.717, 1.165) is 112 Å². The van der Waals surface area contributed by atoms with E-state index in [2.05, 4.69) is 175 Å². The summed E-state index contributed by atoms with van der Waals surface area (Å²) in [5, 5.41) is 6.55. The van der Waals surface area contributed by atoms with E-state index in [0.29, 0.717) is 0 Å². The van der Waals surface area contributed by atoms with E-state index in [-0.39, 0.29) is 5.92 Å². The Labute approximate surface area is 334 Å². The number of hydrogen-bond donors (Lipinski definition) is 0. The quantitative estimate of drug-likeness (QED) is 0.170. The molecule has 12 rings (SSSR count). The van der Waals surface area contributed by atoms with Gasteiger partial charge in [-0.15, -0.1) is 0 Å². The minimum absolute atomic E-state index is 0.228. The smallest absolute Gasteiger partial charge is 0.143 e. The molecule has 0 radical (unpaired) electrons. The summed E-state index contributed by atoms with van der Waals surface area (Å²) in [4.78, 5) is 2.39. The number of fused-ring (bicyclic) bond motifs is 9. The molecule has 4 nitrogen and oxygen atoms in total. The minimum Gasteiger partial charge on any atom is -0.456 e. The number of benzene rings is 8. The number of allylic oxidation sites excluding steroid dienone is 4. The first-order chi connectivity index (χ1) is 28.8. The monoisotopic (exact) mass is 745 g/mol. The standard InChI is InChI=1S/C54H35NO3/c1-3-13-35(14-4-1)39-19-11-20-41-44-33-37(27-32-49(44)57-53(39)41)34-25-28-38(29-26-34)55(45-21-12-24-50-51(45)42-17-7-9-22-47(42)56-50)46-31-30-40(36-15-5-2-6-16-36)54-52(46)43-18-8-10-23-48(43)58-54/h1-15,17-33,36H,16H2. The zero-order valence-electron chi connectivity index (χ0n) is 31.4. The average Bonchev–Trinajstić information content (AvgIpc) is 3.99. The Hall–Kier alpha value is -7.56. The highest BCUT2D eigenvalue weighted by molar-refractivity contribution is 6.18. The van der Waals surface area contributed by atoms with Crippen molar-refractivity contribution in [2.45, 2.75) is 12.3 Å². The third-order valence-corrected chi connectivity index (χ3v) is 11.8. The lowest BCUT2D eigenvalue weighted by molar-refractivity contribution is 0.657. The van der Waals surface area contributed by atoms with Crippen molar-refractivity contribution in [2.75, 3.05) is 4.90 Å². The Bertz CT molecular complexity index is 3430. The van der Waals surface area contributed by atoms with E-state index in [1.807, 2.05) is 24.3 Å². The molecule has 1 aliphatic rings. The maximum atomic E-state index is 6.80. The summed E-state index contributed by atoms with van der Waals surface area (Å²) in [6, 6.07) is 59.9. The fourth-order valence-corrected chi connectivity index (χ4v) is 9.10. The molecule has 0 fully saturated rings. The number of hydrogen-bond acceptors (Lipinski definition) is 4. The molecule has 8 aromatic carbocycles. The normalized spacial score (nSPS) is 14.2. The van der Waals surface area contributed by atoms with Crippen LogP contribution in [-0.2, 0) is 0 Å². The lowest BCUT2D eigenvalue weighted by Crippen LogP contribution is -2.11. The van der Waals surface area contributed by atoms with Gasteiger partial charge < -0.3 is 18.2 Å². The van der Waals surface area contributed by atoms with Gasteiger partial charge in [0.25, 0.3) is 0 Å². The maximum Gasteiger partial charge on any atom is 0.143 e. The fourth-order valence-electron chi connectivity index (χ4n) is 9.10. The van der Waals surface area contributed by atoms with Gasteiger partial charge in [0.15, 0.2) is 0 Å². The second-order valence-corrected chi connectivity index (χ2v) is 15.1. The van der Waals surface area contributed by atoms with Crippen molar-refractivity contribution in [2.24, 2.45) is 0 Å². The first-order valence-electron chi connectivity index (χ1n) is 19.9. The highest BCUT2D eigenvalue weighted by Gasteiger charge is 2.26. The molecule has 11 aromatic rings. The summed E-state index contributed by atoms with van der Waals surface area (Å²) in [5.41, 5.74) is 14.1. The highest BCUT2D eigenvalue weighted by Crippen LogP contribution is 2.49. The molecule has 0 aliphatic heterocycles. The Morgan fingerprint density at radius 2 is 1.10 bits per heavy atom. The molecule has 0 bridgehead atoms. The summed E-state index contributed by atoms with van der Waals surface area (Å²) >= 11 is 0. The zero-order chi connectivity index (χ0) is 38.2. The van der Waals surface area contributed by atoms with Gasteiger partial charge in [0.1, 0.15) is 33.5 Å². The number of nitrogens with zero attached hydrogens (tertiary/aromatic N) is 1. The summed E-state index contributed by atoms with van der Waals surface area (Å²) in [6.45, 7) is 0. The van der Waals surface area contributed by atoms with Crippen LogP contribution in [0.2, 0.25) is 0 Å². The zero-order valence-corrected chi connectivity index (χ0v) is 31.4. The first-order valence-corrected chi connectivity index (χ1v) is 19.9. The molecule has 0 amide bonds. The van der Waals surface area contributed by atoms with Gasteiger partial charge in [-0.05, 0) is 77.7 Å². The second-order valence-electron chi connectivity index (χ2n) is 15.1. The van der Waals surface area contributed by atoms with E-state index >= 15 is 0 Å². The van der Waals surface area contributed by atoms with Gasteiger partial charge in [-0.2, -0.15) is 0 Å². The van der Waals surface area contributed by atoms with Gasteiger partial charge in [0.2, 0.25) is 0 Å². The van der Waals surface area contributed by atoms with Gasteiger partial charge in [-0.1, -0.05) is 140 Å². The SMILES string of the molecule is C1=CCC(c2ccc(N(c3ccc(-c4ccc5oc6c(-c7ccccc7)cccc6c5c4)cc3)c3cccc4oc5ccccc5c34)c3c2oc2ccccc23)C=C1. The Balaban J connectivity index is 1.05. The third-order valence-electron chi connectivity index (χ3n) is 11.8. The third kappa shape index (κ3) is 5.08. The molecule has 1 unspecified atom stereocenters. The predicted molar refractivity (Wildman–Crippen MR) is 239 cm³/mol. The number of rotatable bonds is 6. The van der Waals surface area contributed by atoms with E-state index in [4.69, 9.17) is 13.3 Å². The molecule has 1 aliphatic carbocycles. The van der Waals surface area contributed by atoms with Crippen LogP contribution < -0.4 is 4.90 Å². The second kappa shape index (κ2) is 13.0. The van der Waals surface area contributed by atoms with E-state index in [1.165, 1.54) is 5.56 Å². The van der Waals surface area contributed by atoms with Gasteiger partial charge in [0, 0.05) is 44.3 Å². The topological polar surface area (TPSA) is 42.7 Å². The van der Waals surface area contributed by atoms with E-state index < -0.39 is 0 Å². The van der Waals surface area contributed by atoms with Gasteiger partial charge >= 0.3 is 0 Å². The van der Waals surface area contributed by atoms with Crippen LogP contribution in [0.5, 0.6) is 0 Å². The van der Waals surface area contributed by atoms with Crippen LogP contribution in [-0.4, -0.2) is 0 Å². The number of furan rings is 3. The van der Waals surface area contributed by atoms with Crippen molar-refractivity contribution in [3.63, 3.8) is 0 Å². The van der Waals surface area contributed by atoms with Crippen molar-refractivity contribution < 1.29 is 13.3 Å². The number of para-hydroxylation sites is 3. The van der Waals surface area contributed by atoms with Gasteiger partial charge in [-0.25, -0.2) is 0 Å². The Morgan fingerprint density at radius 1 is 0.431 bits per heavy atom. The van der Waals surface area contributed by atoms with E-state index in [1.54, 1.807) is 0 Å². The molecular formula is C54H35NO3. The van der Waals surface area contributed by atoms with Crippen molar-refractivity contribution >= 4 is 82.9 Å². The summed E-state index contributed by atoms with van der Waals surface area (Å²) in [5.74, 6) is 0.228. The lowest BCUT2D eigenvalue weighted by atomic mass is 9.90. The first kappa shape index (κ1) is 32.7. The summed E-state index contributed by atoms with van der Waals surface area (Å²) in [7, 11) is 0. The molecule has 1 atom stereocenters.